The first kappa shape index (κ1) is 7.78. The van der Waals surface area contributed by atoms with E-state index in [1.807, 2.05) is 0 Å². The molecule has 0 bridgehead atoms. The van der Waals surface area contributed by atoms with Crippen LogP contribution < -0.4 is 0 Å². The molecular formula is C7H8O4. The predicted octanol–water partition coefficient (Wildman–Crippen LogP) is 0.0327. The van der Waals surface area contributed by atoms with Crippen LogP contribution in [0.5, 0.6) is 0 Å². The van der Waals surface area contributed by atoms with E-state index in [1.54, 1.807) is 6.92 Å². The maximum absolute atomic E-state index is 10.8. The maximum atomic E-state index is 10.8. The first-order valence-corrected chi connectivity index (χ1v) is 3.12. The summed E-state index contributed by atoms with van der Waals surface area (Å²) in [5.41, 5.74) is 0.344. The van der Waals surface area contributed by atoms with Gasteiger partial charge in [0.2, 0.25) is 5.76 Å². The first-order chi connectivity index (χ1) is 5.16. The summed E-state index contributed by atoms with van der Waals surface area (Å²) in [6, 6.07) is 0. The van der Waals surface area contributed by atoms with Gasteiger partial charge in [0, 0.05) is 5.57 Å². The Morgan fingerprint density at radius 3 is 2.64 bits per heavy atom. The average Bonchev–Trinajstić information content (AvgIpc) is 2.32. The molecule has 0 atom stereocenters. The second-order valence-corrected chi connectivity index (χ2v) is 2.16. The molecule has 11 heavy (non-hydrogen) atoms. The van der Waals surface area contributed by atoms with Crippen LogP contribution in [0.2, 0.25) is 0 Å². The molecule has 1 rings (SSSR count). The summed E-state index contributed by atoms with van der Waals surface area (Å²) in [5, 5.41) is 0. The van der Waals surface area contributed by atoms with Crippen molar-refractivity contribution in [3.05, 3.63) is 11.3 Å². The number of ketones is 1. The Hall–Kier alpha value is -1.32. The molecule has 0 aromatic heterocycles. The van der Waals surface area contributed by atoms with Crippen LogP contribution in [0.15, 0.2) is 11.3 Å². The zero-order chi connectivity index (χ0) is 8.43. The molecule has 1 aliphatic heterocycles. The molecule has 0 amide bonds. The number of rotatable bonds is 1. The molecule has 0 unspecified atom stereocenters. The summed E-state index contributed by atoms with van der Waals surface area (Å²) in [7, 11) is 1.24. The lowest BCUT2D eigenvalue weighted by atomic mass is 10.2. The Balaban J connectivity index is 2.88. The normalized spacial score (nSPS) is 16.7. The van der Waals surface area contributed by atoms with Crippen molar-refractivity contribution in [2.24, 2.45) is 0 Å². The van der Waals surface area contributed by atoms with Gasteiger partial charge in [-0.05, 0) is 6.92 Å². The van der Waals surface area contributed by atoms with E-state index in [1.165, 1.54) is 7.11 Å². The standard InChI is InChI=1S/C7H8O4/c1-4-5(8)3-11-6(4)7(9)10-2/h3H2,1-2H3. The Labute approximate surface area is 63.8 Å². The van der Waals surface area contributed by atoms with E-state index in [0.29, 0.717) is 5.57 Å². The van der Waals surface area contributed by atoms with Crippen LogP contribution in [-0.4, -0.2) is 25.5 Å². The summed E-state index contributed by atoms with van der Waals surface area (Å²) in [6.45, 7) is 1.50. The molecular weight excluding hydrogens is 148 g/mol. The molecule has 0 saturated carbocycles. The minimum absolute atomic E-state index is 0.0394. The molecule has 0 N–H and O–H groups in total. The van der Waals surface area contributed by atoms with Crippen LogP contribution in [0.4, 0.5) is 0 Å². The number of esters is 1. The molecule has 60 valence electrons. The van der Waals surface area contributed by atoms with Crippen molar-refractivity contribution in [3.63, 3.8) is 0 Å². The quantitative estimate of drug-likeness (QED) is 0.503. The van der Waals surface area contributed by atoms with E-state index in [0.717, 1.165) is 0 Å². The molecule has 0 spiro atoms. The van der Waals surface area contributed by atoms with E-state index < -0.39 is 5.97 Å². The fraction of sp³-hybridized carbons (Fsp3) is 0.429. The van der Waals surface area contributed by atoms with Crippen LogP contribution >= 0.6 is 0 Å². The van der Waals surface area contributed by atoms with Crippen LogP contribution in [0.3, 0.4) is 0 Å². The molecule has 0 fully saturated rings. The Bertz CT molecular complexity index is 239. The molecule has 0 saturated heterocycles. The van der Waals surface area contributed by atoms with Gasteiger partial charge >= 0.3 is 5.97 Å². The first-order valence-electron chi connectivity index (χ1n) is 3.12. The zero-order valence-electron chi connectivity index (χ0n) is 6.34. The van der Waals surface area contributed by atoms with E-state index in [2.05, 4.69) is 4.74 Å². The van der Waals surface area contributed by atoms with Crippen molar-refractivity contribution in [3.8, 4) is 0 Å². The smallest absolute Gasteiger partial charge is 0.373 e. The highest BCUT2D eigenvalue weighted by molar-refractivity contribution is 6.05. The van der Waals surface area contributed by atoms with Crippen molar-refractivity contribution < 1.29 is 19.1 Å². The second kappa shape index (κ2) is 2.74. The van der Waals surface area contributed by atoms with Gasteiger partial charge in [0.15, 0.2) is 12.4 Å². The minimum Gasteiger partial charge on any atom is -0.478 e. The fourth-order valence-corrected chi connectivity index (χ4v) is 0.786. The maximum Gasteiger partial charge on any atom is 0.373 e. The van der Waals surface area contributed by atoms with Crippen molar-refractivity contribution in [1.29, 1.82) is 0 Å². The highest BCUT2D eigenvalue weighted by atomic mass is 16.6. The summed E-state index contributed by atoms with van der Waals surface area (Å²) < 4.78 is 9.16. The molecule has 1 heterocycles. The third-order valence-electron chi connectivity index (χ3n) is 1.48. The zero-order valence-corrected chi connectivity index (χ0v) is 6.34. The van der Waals surface area contributed by atoms with Gasteiger partial charge in [-0.25, -0.2) is 4.79 Å². The number of ether oxygens (including phenoxy) is 2. The number of hydrogen-bond donors (Lipinski definition) is 0. The predicted molar refractivity (Wildman–Crippen MR) is 35.7 cm³/mol. The molecule has 4 heteroatoms. The Kier molecular flexibility index (Phi) is 1.94. The van der Waals surface area contributed by atoms with Gasteiger partial charge in [0.05, 0.1) is 7.11 Å². The molecule has 4 nitrogen and oxygen atoms in total. The van der Waals surface area contributed by atoms with Crippen molar-refractivity contribution in [2.75, 3.05) is 13.7 Å². The van der Waals surface area contributed by atoms with Crippen molar-refractivity contribution in [2.45, 2.75) is 6.92 Å². The van der Waals surface area contributed by atoms with E-state index in [9.17, 15) is 9.59 Å². The molecule has 0 aromatic carbocycles. The van der Waals surface area contributed by atoms with Gasteiger partial charge < -0.3 is 9.47 Å². The third kappa shape index (κ3) is 1.24. The summed E-state index contributed by atoms with van der Waals surface area (Å²) in [5.74, 6) is -0.712. The highest BCUT2D eigenvalue weighted by Crippen LogP contribution is 2.15. The lowest BCUT2D eigenvalue weighted by Gasteiger charge is -1.98. The van der Waals surface area contributed by atoms with Gasteiger partial charge in [-0.1, -0.05) is 0 Å². The van der Waals surface area contributed by atoms with Gasteiger partial charge in [0.25, 0.3) is 0 Å². The third-order valence-corrected chi connectivity index (χ3v) is 1.48. The van der Waals surface area contributed by atoms with Crippen LogP contribution in [0.1, 0.15) is 6.92 Å². The van der Waals surface area contributed by atoms with E-state index in [-0.39, 0.29) is 18.1 Å². The van der Waals surface area contributed by atoms with Crippen molar-refractivity contribution >= 4 is 11.8 Å². The number of carbonyl (C=O) groups excluding carboxylic acids is 2. The Morgan fingerprint density at radius 1 is 1.64 bits per heavy atom. The number of methoxy groups -OCH3 is 1. The monoisotopic (exact) mass is 156 g/mol. The van der Waals surface area contributed by atoms with Crippen LogP contribution in [0, 0.1) is 0 Å². The molecule has 0 aromatic rings. The lowest BCUT2D eigenvalue weighted by molar-refractivity contribution is -0.139. The van der Waals surface area contributed by atoms with Crippen LogP contribution in [0.25, 0.3) is 0 Å². The van der Waals surface area contributed by atoms with Gasteiger partial charge in [-0.2, -0.15) is 0 Å². The Morgan fingerprint density at radius 2 is 2.27 bits per heavy atom. The molecule has 0 radical (unpaired) electrons. The van der Waals surface area contributed by atoms with Gasteiger partial charge in [-0.15, -0.1) is 0 Å². The minimum atomic E-state index is -0.589. The number of carbonyl (C=O) groups is 2. The van der Waals surface area contributed by atoms with Crippen LogP contribution in [-0.2, 0) is 19.1 Å². The fourth-order valence-electron chi connectivity index (χ4n) is 0.786. The highest BCUT2D eigenvalue weighted by Gasteiger charge is 2.26. The average molecular weight is 156 g/mol. The summed E-state index contributed by atoms with van der Waals surface area (Å²) in [4.78, 5) is 21.6. The van der Waals surface area contributed by atoms with Gasteiger partial charge in [0.1, 0.15) is 0 Å². The number of hydrogen-bond acceptors (Lipinski definition) is 4. The lowest BCUT2D eigenvalue weighted by Crippen LogP contribution is -2.05. The molecule has 1 aliphatic rings. The summed E-state index contributed by atoms with van der Waals surface area (Å²) >= 11 is 0. The SMILES string of the molecule is COC(=O)C1=C(C)C(=O)CO1. The van der Waals surface area contributed by atoms with E-state index >= 15 is 0 Å². The molecule has 0 aliphatic carbocycles. The second-order valence-electron chi connectivity index (χ2n) is 2.16. The number of Topliss-reactive ketones (excluding diaryl/α,β-unsaturated/α-hetero) is 1. The topological polar surface area (TPSA) is 52.6 Å². The summed E-state index contributed by atoms with van der Waals surface area (Å²) in [6.07, 6.45) is 0. The van der Waals surface area contributed by atoms with Crippen molar-refractivity contribution in [1.82, 2.24) is 0 Å². The largest absolute Gasteiger partial charge is 0.478 e. The van der Waals surface area contributed by atoms with E-state index in [4.69, 9.17) is 4.74 Å². The van der Waals surface area contributed by atoms with Gasteiger partial charge in [-0.3, -0.25) is 4.79 Å².